The van der Waals surface area contributed by atoms with E-state index in [0.29, 0.717) is 6.04 Å². The fourth-order valence-corrected chi connectivity index (χ4v) is 1.97. The Bertz CT molecular complexity index is 323. The van der Waals surface area contributed by atoms with Crippen molar-refractivity contribution in [3.05, 3.63) is 41.4 Å². The van der Waals surface area contributed by atoms with E-state index in [1.54, 1.807) is 0 Å². The summed E-state index contributed by atoms with van der Waals surface area (Å²) in [5.41, 5.74) is 2.37. The minimum Gasteiger partial charge on any atom is -0.310 e. The molecule has 1 nitrogen and oxygen atoms in total. The molecule has 0 spiro atoms. The van der Waals surface area contributed by atoms with Crippen molar-refractivity contribution in [2.24, 2.45) is 0 Å². The standard InChI is InChI=1S/C12H14ClN/c1-9(12-3-2-8-14-12)10-4-6-11(13)7-5-10/h4-7,12,14H,1-3,8H2. The number of hydrogen-bond donors (Lipinski definition) is 1. The third-order valence-corrected chi connectivity index (χ3v) is 2.95. The van der Waals surface area contributed by atoms with Gasteiger partial charge in [0.25, 0.3) is 0 Å². The van der Waals surface area contributed by atoms with Crippen LogP contribution in [-0.2, 0) is 0 Å². The van der Waals surface area contributed by atoms with E-state index in [4.69, 9.17) is 11.6 Å². The highest BCUT2D eigenvalue weighted by atomic mass is 35.5. The molecule has 0 radical (unpaired) electrons. The molecule has 74 valence electrons. The summed E-state index contributed by atoms with van der Waals surface area (Å²) in [6.45, 7) is 5.24. The lowest BCUT2D eigenvalue weighted by molar-refractivity contribution is 0.745. The average Bonchev–Trinajstić information content (AvgIpc) is 2.71. The first-order valence-electron chi connectivity index (χ1n) is 4.95. The first kappa shape index (κ1) is 9.75. The molecule has 1 N–H and O–H groups in total. The zero-order valence-electron chi connectivity index (χ0n) is 8.09. The maximum Gasteiger partial charge on any atom is 0.0406 e. The van der Waals surface area contributed by atoms with Crippen LogP contribution in [0, 0.1) is 0 Å². The summed E-state index contributed by atoms with van der Waals surface area (Å²) in [5.74, 6) is 0. The Labute approximate surface area is 89.8 Å². The molecule has 1 heterocycles. The van der Waals surface area contributed by atoms with Gasteiger partial charge in [-0.3, -0.25) is 0 Å². The molecule has 1 aliphatic heterocycles. The molecule has 14 heavy (non-hydrogen) atoms. The minimum atomic E-state index is 0.455. The lowest BCUT2D eigenvalue weighted by Crippen LogP contribution is -2.22. The quantitative estimate of drug-likeness (QED) is 0.786. The van der Waals surface area contributed by atoms with Crippen LogP contribution in [0.1, 0.15) is 18.4 Å². The van der Waals surface area contributed by atoms with Gasteiger partial charge in [-0.05, 0) is 42.7 Å². The molecule has 2 heteroatoms. The van der Waals surface area contributed by atoms with Gasteiger partial charge < -0.3 is 5.32 Å². The van der Waals surface area contributed by atoms with Crippen LogP contribution in [0.2, 0.25) is 5.02 Å². The van der Waals surface area contributed by atoms with Crippen LogP contribution in [0.4, 0.5) is 0 Å². The Balaban J connectivity index is 2.14. The predicted molar refractivity (Wildman–Crippen MR) is 61.5 cm³/mol. The number of rotatable bonds is 2. The van der Waals surface area contributed by atoms with E-state index in [1.807, 2.05) is 24.3 Å². The van der Waals surface area contributed by atoms with Crippen molar-refractivity contribution in [1.82, 2.24) is 5.32 Å². The zero-order chi connectivity index (χ0) is 9.97. The lowest BCUT2D eigenvalue weighted by Gasteiger charge is -2.13. The van der Waals surface area contributed by atoms with Crippen molar-refractivity contribution in [3.8, 4) is 0 Å². The zero-order valence-corrected chi connectivity index (χ0v) is 8.85. The summed E-state index contributed by atoms with van der Waals surface area (Å²) < 4.78 is 0. The van der Waals surface area contributed by atoms with Gasteiger partial charge in [0.15, 0.2) is 0 Å². The first-order chi connectivity index (χ1) is 6.77. The van der Waals surface area contributed by atoms with Gasteiger partial charge in [-0.2, -0.15) is 0 Å². The second-order valence-corrected chi connectivity index (χ2v) is 4.12. The van der Waals surface area contributed by atoms with E-state index >= 15 is 0 Å². The van der Waals surface area contributed by atoms with Crippen LogP contribution in [0.5, 0.6) is 0 Å². The molecule has 0 saturated carbocycles. The van der Waals surface area contributed by atoms with Crippen molar-refractivity contribution in [2.75, 3.05) is 6.54 Å². The van der Waals surface area contributed by atoms with Gasteiger partial charge in [-0.15, -0.1) is 0 Å². The summed E-state index contributed by atoms with van der Waals surface area (Å²) in [7, 11) is 0. The molecule has 1 aromatic carbocycles. The molecular formula is C12H14ClN. The Kier molecular flexibility index (Phi) is 2.90. The Hall–Kier alpha value is -0.790. The van der Waals surface area contributed by atoms with E-state index < -0.39 is 0 Å². The molecule has 0 aromatic heterocycles. The molecule has 1 atom stereocenters. The predicted octanol–water partition coefficient (Wildman–Crippen LogP) is 3.11. The highest BCUT2D eigenvalue weighted by Crippen LogP contribution is 2.23. The Morgan fingerprint density at radius 3 is 2.64 bits per heavy atom. The van der Waals surface area contributed by atoms with Gasteiger partial charge in [0, 0.05) is 11.1 Å². The summed E-state index contributed by atoms with van der Waals surface area (Å²) in [6, 6.07) is 8.35. The molecule has 0 amide bonds. The average molecular weight is 208 g/mol. The highest BCUT2D eigenvalue weighted by molar-refractivity contribution is 6.30. The highest BCUT2D eigenvalue weighted by Gasteiger charge is 2.17. The number of hydrogen-bond acceptors (Lipinski definition) is 1. The molecular weight excluding hydrogens is 194 g/mol. The largest absolute Gasteiger partial charge is 0.310 e. The van der Waals surface area contributed by atoms with E-state index in [-0.39, 0.29) is 0 Å². The van der Waals surface area contributed by atoms with E-state index in [1.165, 1.54) is 24.0 Å². The summed E-state index contributed by atoms with van der Waals surface area (Å²) >= 11 is 5.83. The van der Waals surface area contributed by atoms with Crippen molar-refractivity contribution in [1.29, 1.82) is 0 Å². The summed E-state index contributed by atoms with van der Waals surface area (Å²) in [6.07, 6.45) is 2.44. The number of halogens is 1. The van der Waals surface area contributed by atoms with Gasteiger partial charge in [0.1, 0.15) is 0 Å². The normalized spacial score (nSPS) is 21.1. The van der Waals surface area contributed by atoms with Crippen LogP contribution < -0.4 is 5.32 Å². The van der Waals surface area contributed by atoms with E-state index in [2.05, 4.69) is 11.9 Å². The monoisotopic (exact) mass is 207 g/mol. The lowest BCUT2D eigenvalue weighted by atomic mass is 9.99. The molecule has 0 bridgehead atoms. The topological polar surface area (TPSA) is 12.0 Å². The van der Waals surface area contributed by atoms with Crippen molar-refractivity contribution in [3.63, 3.8) is 0 Å². The van der Waals surface area contributed by atoms with Gasteiger partial charge >= 0.3 is 0 Å². The Morgan fingerprint density at radius 1 is 1.36 bits per heavy atom. The van der Waals surface area contributed by atoms with Gasteiger partial charge in [-0.25, -0.2) is 0 Å². The molecule has 1 aliphatic rings. The van der Waals surface area contributed by atoms with Crippen LogP contribution in [0.25, 0.3) is 5.57 Å². The summed E-state index contributed by atoms with van der Waals surface area (Å²) in [4.78, 5) is 0. The second kappa shape index (κ2) is 4.16. The third kappa shape index (κ3) is 1.99. The maximum atomic E-state index is 5.83. The Morgan fingerprint density at radius 2 is 2.07 bits per heavy atom. The van der Waals surface area contributed by atoms with Crippen LogP contribution in [0.15, 0.2) is 30.8 Å². The van der Waals surface area contributed by atoms with E-state index in [9.17, 15) is 0 Å². The molecule has 2 rings (SSSR count). The van der Waals surface area contributed by atoms with Crippen LogP contribution in [-0.4, -0.2) is 12.6 Å². The van der Waals surface area contributed by atoms with Gasteiger partial charge in [0.2, 0.25) is 0 Å². The molecule has 1 unspecified atom stereocenters. The van der Waals surface area contributed by atoms with Gasteiger partial charge in [-0.1, -0.05) is 30.3 Å². The molecule has 1 aromatic rings. The van der Waals surface area contributed by atoms with E-state index in [0.717, 1.165) is 11.6 Å². The smallest absolute Gasteiger partial charge is 0.0406 e. The molecule has 1 fully saturated rings. The maximum absolute atomic E-state index is 5.83. The SMILES string of the molecule is C=C(c1ccc(Cl)cc1)C1CCCN1. The number of nitrogens with one attached hydrogen (secondary N) is 1. The summed E-state index contributed by atoms with van der Waals surface area (Å²) in [5, 5.41) is 4.22. The second-order valence-electron chi connectivity index (χ2n) is 3.68. The van der Waals surface area contributed by atoms with Crippen LogP contribution in [0.3, 0.4) is 0 Å². The first-order valence-corrected chi connectivity index (χ1v) is 5.33. The molecule has 0 aliphatic carbocycles. The number of benzene rings is 1. The van der Waals surface area contributed by atoms with Crippen molar-refractivity contribution >= 4 is 17.2 Å². The van der Waals surface area contributed by atoms with Crippen LogP contribution >= 0.6 is 11.6 Å². The fourth-order valence-electron chi connectivity index (χ4n) is 1.85. The molecule has 1 saturated heterocycles. The van der Waals surface area contributed by atoms with Gasteiger partial charge in [0.05, 0.1) is 0 Å². The third-order valence-electron chi connectivity index (χ3n) is 2.70. The van der Waals surface area contributed by atoms with Crippen molar-refractivity contribution < 1.29 is 0 Å². The van der Waals surface area contributed by atoms with Crippen molar-refractivity contribution in [2.45, 2.75) is 18.9 Å². The minimum absolute atomic E-state index is 0.455. The fraction of sp³-hybridized carbons (Fsp3) is 0.333.